The number of ether oxygens (including phenoxy) is 1. The molecular weight excluding hydrogens is 350 g/mol. The van der Waals surface area contributed by atoms with Gasteiger partial charge in [-0.2, -0.15) is 5.26 Å². The minimum absolute atomic E-state index is 0.0347. The van der Waals surface area contributed by atoms with Crippen molar-refractivity contribution in [3.05, 3.63) is 42.4 Å². The van der Waals surface area contributed by atoms with Gasteiger partial charge in [0.2, 0.25) is 0 Å². The summed E-state index contributed by atoms with van der Waals surface area (Å²) in [6, 6.07) is 9.18. The fourth-order valence-corrected chi connectivity index (χ4v) is 2.89. The van der Waals surface area contributed by atoms with Crippen molar-refractivity contribution in [2.24, 2.45) is 11.8 Å². The van der Waals surface area contributed by atoms with Crippen LogP contribution >= 0.6 is 0 Å². The van der Waals surface area contributed by atoms with E-state index < -0.39 is 11.9 Å². The number of aromatic nitrogens is 2. The molecular formula is C23H29N3O2. The normalized spacial score (nSPS) is 12.8. The second-order valence-electron chi connectivity index (χ2n) is 7.14. The number of aryl methyl sites for hydroxylation is 1. The number of hydrogen-bond acceptors (Lipinski definition) is 5. The Kier molecular flexibility index (Phi) is 8.61. The highest BCUT2D eigenvalue weighted by atomic mass is 16.5. The summed E-state index contributed by atoms with van der Waals surface area (Å²) in [5, 5.41) is 9.21. The van der Waals surface area contributed by atoms with Gasteiger partial charge in [-0.25, -0.2) is 0 Å². The Balaban J connectivity index is 1.96. The number of unbranched alkanes of at least 4 members (excludes halogenated alkanes) is 3. The van der Waals surface area contributed by atoms with Gasteiger partial charge in [-0.15, -0.1) is 0 Å². The van der Waals surface area contributed by atoms with E-state index in [0.29, 0.717) is 5.75 Å². The topological polar surface area (TPSA) is 75.9 Å². The number of esters is 1. The van der Waals surface area contributed by atoms with Crippen LogP contribution in [0.15, 0.2) is 36.7 Å². The maximum Gasteiger partial charge on any atom is 0.328 e. The summed E-state index contributed by atoms with van der Waals surface area (Å²) in [6.07, 6.45) is 10.2. The highest BCUT2D eigenvalue weighted by molar-refractivity contribution is 5.78. The van der Waals surface area contributed by atoms with Crippen LogP contribution in [0.5, 0.6) is 5.75 Å². The Morgan fingerprint density at radius 1 is 1.11 bits per heavy atom. The molecule has 0 aliphatic carbocycles. The molecule has 0 aliphatic heterocycles. The van der Waals surface area contributed by atoms with Crippen molar-refractivity contribution in [3.8, 4) is 23.1 Å². The molecule has 0 N–H and O–H groups in total. The predicted molar refractivity (Wildman–Crippen MR) is 110 cm³/mol. The average molecular weight is 380 g/mol. The number of benzene rings is 1. The van der Waals surface area contributed by atoms with Gasteiger partial charge in [-0.1, -0.05) is 46.5 Å². The second-order valence-corrected chi connectivity index (χ2v) is 7.14. The van der Waals surface area contributed by atoms with Crippen molar-refractivity contribution < 1.29 is 9.53 Å². The zero-order valence-electron chi connectivity index (χ0n) is 17.0. The van der Waals surface area contributed by atoms with E-state index in [1.807, 2.05) is 38.2 Å². The van der Waals surface area contributed by atoms with Gasteiger partial charge in [-0.05, 0) is 43.0 Å². The van der Waals surface area contributed by atoms with Gasteiger partial charge >= 0.3 is 5.97 Å². The Morgan fingerprint density at radius 2 is 1.86 bits per heavy atom. The molecule has 2 atom stereocenters. The number of rotatable bonds is 10. The molecule has 148 valence electrons. The van der Waals surface area contributed by atoms with Crippen LogP contribution in [0.2, 0.25) is 0 Å². The summed E-state index contributed by atoms with van der Waals surface area (Å²) in [6.45, 7) is 6.04. The lowest BCUT2D eigenvalue weighted by Crippen LogP contribution is -2.24. The first-order chi connectivity index (χ1) is 13.6. The molecule has 0 saturated carbocycles. The molecule has 5 heteroatoms. The first-order valence-electron chi connectivity index (χ1n) is 10.1. The van der Waals surface area contributed by atoms with Gasteiger partial charge in [0, 0.05) is 11.8 Å². The van der Waals surface area contributed by atoms with Crippen molar-refractivity contribution in [2.75, 3.05) is 0 Å². The quantitative estimate of drug-likeness (QED) is 0.316. The van der Waals surface area contributed by atoms with Gasteiger partial charge in [0.25, 0.3) is 0 Å². The van der Waals surface area contributed by atoms with Gasteiger partial charge in [0.1, 0.15) is 11.7 Å². The van der Waals surface area contributed by atoms with Crippen molar-refractivity contribution >= 4 is 5.97 Å². The molecule has 0 amide bonds. The Hall–Kier alpha value is -2.74. The summed E-state index contributed by atoms with van der Waals surface area (Å²) in [5.74, 6) is -0.859. The Labute approximate surface area is 167 Å². The molecule has 0 radical (unpaired) electrons. The predicted octanol–water partition coefficient (Wildman–Crippen LogP) is 5.36. The van der Waals surface area contributed by atoms with Crippen LogP contribution in [0.1, 0.15) is 58.6 Å². The largest absolute Gasteiger partial charge is 0.426 e. The van der Waals surface area contributed by atoms with Crippen LogP contribution in [0, 0.1) is 23.2 Å². The number of carbonyl (C=O) groups excluding carboxylic acids is 1. The van der Waals surface area contributed by atoms with E-state index in [9.17, 15) is 10.1 Å². The Bertz CT molecular complexity index is 779. The summed E-state index contributed by atoms with van der Waals surface area (Å²) in [5.41, 5.74) is 2.70. The Morgan fingerprint density at radius 3 is 2.43 bits per heavy atom. The highest BCUT2D eigenvalue weighted by Crippen LogP contribution is 2.23. The van der Waals surface area contributed by atoms with Crippen LogP contribution in [0.4, 0.5) is 0 Å². The molecule has 0 fully saturated rings. The minimum atomic E-state index is -0.750. The monoisotopic (exact) mass is 379 g/mol. The van der Waals surface area contributed by atoms with Gasteiger partial charge in [0.05, 0.1) is 23.7 Å². The fourth-order valence-electron chi connectivity index (χ4n) is 2.89. The van der Waals surface area contributed by atoms with Crippen LogP contribution in [0.3, 0.4) is 0 Å². The smallest absolute Gasteiger partial charge is 0.328 e. The van der Waals surface area contributed by atoms with Crippen LogP contribution < -0.4 is 4.74 Å². The molecule has 2 unspecified atom stereocenters. The number of carbonyl (C=O) groups is 1. The molecule has 28 heavy (non-hydrogen) atoms. The van der Waals surface area contributed by atoms with Gasteiger partial charge < -0.3 is 4.74 Å². The van der Waals surface area contributed by atoms with Crippen molar-refractivity contribution in [1.82, 2.24) is 9.97 Å². The lowest BCUT2D eigenvalue weighted by Gasteiger charge is -2.14. The lowest BCUT2D eigenvalue weighted by molar-refractivity contribution is -0.138. The van der Waals surface area contributed by atoms with Crippen molar-refractivity contribution in [3.63, 3.8) is 0 Å². The number of hydrogen-bond donors (Lipinski definition) is 0. The maximum atomic E-state index is 12.2. The molecule has 0 spiro atoms. The fraction of sp³-hybridized carbons (Fsp3) is 0.478. The minimum Gasteiger partial charge on any atom is -0.426 e. The van der Waals surface area contributed by atoms with Crippen LogP contribution in [-0.4, -0.2) is 15.9 Å². The van der Waals surface area contributed by atoms with E-state index in [0.717, 1.165) is 36.2 Å². The number of nitriles is 1. The average Bonchev–Trinajstić information content (AvgIpc) is 2.72. The maximum absolute atomic E-state index is 12.2. The third-order valence-electron chi connectivity index (χ3n) is 4.97. The van der Waals surface area contributed by atoms with Crippen molar-refractivity contribution in [1.29, 1.82) is 5.26 Å². The molecule has 0 saturated heterocycles. The second kappa shape index (κ2) is 11.2. The lowest BCUT2D eigenvalue weighted by atomic mass is 9.93. The van der Waals surface area contributed by atoms with Gasteiger partial charge in [0.15, 0.2) is 0 Å². The summed E-state index contributed by atoms with van der Waals surface area (Å²) < 4.78 is 5.37. The molecule has 2 aromatic rings. The van der Waals surface area contributed by atoms with Crippen molar-refractivity contribution in [2.45, 2.75) is 59.3 Å². The van der Waals surface area contributed by atoms with Crippen LogP contribution in [-0.2, 0) is 11.2 Å². The summed E-state index contributed by atoms with van der Waals surface area (Å²) in [7, 11) is 0. The molecule has 1 aromatic heterocycles. The van der Waals surface area contributed by atoms with E-state index in [1.54, 1.807) is 18.3 Å². The van der Waals surface area contributed by atoms with Crippen LogP contribution in [0.25, 0.3) is 11.3 Å². The summed E-state index contributed by atoms with van der Waals surface area (Å²) >= 11 is 0. The van der Waals surface area contributed by atoms with E-state index in [4.69, 9.17) is 4.74 Å². The van der Waals surface area contributed by atoms with E-state index in [2.05, 4.69) is 16.9 Å². The zero-order valence-corrected chi connectivity index (χ0v) is 17.0. The third-order valence-corrected chi connectivity index (χ3v) is 4.97. The van der Waals surface area contributed by atoms with E-state index in [1.165, 1.54) is 19.3 Å². The highest BCUT2D eigenvalue weighted by Gasteiger charge is 2.25. The molecule has 5 nitrogen and oxygen atoms in total. The standard InChI is InChI=1S/C23H29N3O2/c1-4-6-7-8-9-19-15-26-22(16-25-19)18-10-12-20(13-11-18)28-23(27)21(14-24)17(3)5-2/h10-13,15-17,21H,4-9H2,1-3H3. The molecule has 2 rings (SSSR count). The van der Waals surface area contributed by atoms with E-state index >= 15 is 0 Å². The first kappa shape index (κ1) is 21.6. The first-order valence-corrected chi connectivity index (χ1v) is 10.1. The van der Waals surface area contributed by atoms with Gasteiger partial charge in [-0.3, -0.25) is 14.8 Å². The molecule has 0 aliphatic rings. The molecule has 0 bridgehead atoms. The SMILES string of the molecule is CCCCCCc1cnc(-c2ccc(OC(=O)C(C#N)C(C)CC)cc2)cn1. The number of nitrogens with zero attached hydrogens (tertiary/aromatic N) is 3. The molecule has 1 heterocycles. The summed E-state index contributed by atoms with van der Waals surface area (Å²) in [4.78, 5) is 21.2. The molecule has 1 aromatic carbocycles. The third kappa shape index (κ3) is 6.16. The van der Waals surface area contributed by atoms with E-state index in [-0.39, 0.29) is 5.92 Å². The zero-order chi connectivity index (χ0) is 20.4.